The number of furan rings is 2. The molecular weight excluding hydrogens is 663 g/mol. The van der Waals surface area contributed by atoms with E-state index in [1.807, 2.05) is 42.5 Å². The van der Waals surface area contributed by atoms with Crippen LogP contribution in [-0.2, 0) is 0 Å². The van der Waals surface area contributed by atoms with E-state index >= 15 is 0 Å². The molecular formula is C49H29N3O2. The van der Waals surface area contributed by atoms with Gasteiger partial charge in [-0.05, 0) is 69.4 Å². The van der Waals surface area contributed by atoms with Crippen molar-refractivity contribution in [3.05, 3.63) is 176 Å². The van der Waals surface area contributed by atoms with Gasteiger partial charge >= 0.3 is 0 Å². The Morgan fingerprint density at radius 3 is 1.69 bits per heavy atom. The largest absolute Gasteiger partial charge is 0.456 e. The van der Waals surface area contributed by atoms with Gasteiger partial charge in [-0.3, -0.25) is 0 Å². The Balaban J connectivity index is 1.13. The fraction of sp³-hybridized carbons (Fsp3) is 0. The van der Waals surface area contributed by atoms with Crippen molar-refractivity contribution >= 4 is 54.6 Å². The monoisotopic (exact) mass is 691 g/mol. The smallest absolute Gasteiger partial charge is 0.164 e. The molecule has 0 saturated carbocycles. The number of rotatable bonds is 5. The van der Waals surface area contributed by atoms with Gasteiger partial charge < -0.3 is 8.83 Å². The van der Waals surface area contributed by atoms with Gasteiger partial charge in [0.25, 0.3) is 0 Å². The van der Waals surface area contributed by atoms with Crippen molar-refractivity contribution in [3.8, 4) is 56.4 Å². The van der Waals surface area contributed by atoms with Gasteiger partial charge in [0.1, 0.15) is 22.3 Å². The summed E-state index contributed by atoms with van der Waals surface area (Å²) in [6.07, 6.45) is 0. The van der Waals surface area contributed by atoms with Gasteiger partial charge in [-0.1, -0.05) is 140 Å². The van der Waals surface area contributed by atoms with E-state index in [4.69, 9.17) is 23.8 Å². The van der Waals surface area contributed by atoms with E-state index in [0.717, 1.165) is 93.6 Å². The first-order valence-electron chi connectivity index (χ1n) is 18.0. The van der Waals surface area contributed by atoms with Gasteiger partial charge in [-0.15, -0.1) is 0 Å². The molecule has 0 aliphatic carbocycles. The van der Waals surface area contributed by atoms with Crippen LogP contribution in [0, 0.1) is 0 Å². The molecule has 0 aliphatic rings. The second-order valence-corrected chi connectivity index (χ2v) is 13.6. The Morgan fingerprint density at radius 1 is 0.296 bits per heavy atom. The highest BCUT2D eigenvalue weighted by Gasteiger charge is 2.21. The predicted octanol–water partition coefficient (Wildman–Crippen LogP) is 13.2. The van der Waals surface area contributed by atoms with Crippen molar-refractivity contribution in [1.82, 2.24) is 15.0 Å². The topological polar surface area (TPSA) is 65.0 Å². The van der Waals surface area contributed by atoms with Gasteiger partial charge in [-0.2, -0.15) is 0 Å². The maximum atomic E-state index is 6.56. The van der Waals surface area contributed by atoms with Gasteiger partial charge in [0.05, 0.1) is 0 Å². The lowest BCUT2D eigenvalue weighted by molar-refractivity contribution is 0.669. The van der Waals surface area contributed by atoms with Gasteiger partial charge in [0, 0.05) is 38.2 Å². The molecule has 3 aromatic heterocycles. The molecule has 0 unspecified atom stereocenters. The van der Waals surface area contributed by atoms with Crippen molar-refractivity contribution in [2.75, 3.05) is 0 Å². The third-order valence-electron chi connectivity index (χ3n) is 10.3. The van der Waals surface area contributed by atoms with Crippen LogP contribution in [0.1, 0.15) is 0 Å². The molecule has 0 radical (unpaired) electrons. The molecule has 0 aliphatic heterocycles. The predicted molar refractivity (Wildman–Crippen MR) is 219 cm³/mol. The van der Waals surface area contributed by atoms with E-state index in [2.05, 4.69) is 133 Å². The minimum atomic E-state index is 0.578. The highest BCUT2D eigenvalue weighted by molar-refractivity contribution is 6.18. The second-order valence-electron chi connectivity index (χ2n) is 13.6. The minimum absolute atomic E-state index is 0.578. The number of nitrogens with zero attached hydrogens (tertiary/aromatic N) is 3. The summed E-state index contributed by atoms with van der Waals surface area (Å²) in [6, 6.07) is 60.5. The van der Waals surface area contributed by atoms with E-state index in [1.165, 1.54) is 0 Å². The first-order valence-corrected chi connectivity index (χ1v) is 18.0. The summed E-state index contributed by atoms with van der Waals surface area (Å²) in [4.78, 5) is 15.5. The molecule has 54 heavy (non-hydrogen) atoms. The second kappa shape index (κ2) is 12.1. The molecule has 8 aromatic carbocycles. The quantitative estimate of drug-likeness (QED) is 0.180. The third-order valence-corrected chi connectivity index (χ3v) is 10.3. The van der Waals surface area contributed by atoms with Crippen molar-refractivity contribution in [2.24, 2.45) is 0 Å². The molecule has 0 amide bonds. The fourth-order valence-electron chi connectivity index (χ4n) is 7.71. The molecule has 5 heteroatoms. The summed E-state index contributed by atoms with van der Waals surface area (Å²) >= 11 is 0. The first kappa shape index (κ1) is 30.3. The van der Waals surface area contributed by atoms with Gasteiger partial charge in [-0.25, -0.2) is 15.0 Å². The number of benzene rings is 8. The third kappa shape index (κ3) is 4.98. The lowest BCUT2D eigenvalue weighted by Gasteiger charge is -2.11. The van der Waals surface area contributed by atoms with Crippen LogP contribution in [-0.4, -0.2) is 15.0 Å². The van der Waals surface area contributed by atoms with Crippen LogP contribution in [0.15, 0.2) is 185 Å². The Hall–Kier alpha value is -7.37. The zero-order valence-corrected chi connectivity index (χ0v) is 28.9. The Labute approximate surface area is 309 Å². The molecule has 0 N–H and O–H groups in total. The lowest BCUT2D eigenvalue weighted by Crippen LogP contribution is -2.00. The Kier molecular flexibility index (Phi) is 6.79. The first-order chi connectivity index (χ1) is 26.7. The lowest BCUT2D eigenvalue weighted by atomic mass is 9.96. The maximum Gasteiger partial charge on any atom is 0.164 e. The van der Waals surface area contributed by atoms with Crippen LogP contribution in [0.2, 0.25) is 0 Å². The van der Waals surface area contributed by atoms with E-state index in [0.29, 0.717) is 17.5 Å². The molecule has 11 rings (SSSR count). The van der Waals surface area contributed by atoms with Crippen LogP contribution in [0.4, 0.5) is 0 Å². The van der Waals surface area contributed by atoms with Crippen molar-refractivity contribution in [1.29, 1.82) is 0 Å². The molecule has 0 spiro atoms. The summed E-state index contributed by atoms with van der Waals surface area (Å²) in [7, 11) is 0. The fourth-order valence-corrected chi connectivity index (χ4v) is 7.71. The summed E-state index contributed by atoms with van der Waals surface area (Å²) in [5.41, 5.74) is 10.4. The highest BCUT2D eigenvalue weighted by Crippen LogP contribution is 2.42. The molecule has 0 fully saturated rings. The van der Waals surface area contributed by atoms with Crippen molar-refractivity contribution in [2.45, 2.75) is 0 Å². The number of aromatic nitrogens is 3. The standard InChI is InChI=1S/C49H29N3O2/c1-2-10-30(11-3-1)32-20-23-33(24-21-32)47-50-48(36-25-22-31-12-4-5-13-34(31)28-36)52-49(51-47)39-16-9-19-44-46(39)45-37(15-8-18-43(45)54-44)35-26-27-42-40(29-35)38-14-6-7-17-41(38)53-42/h1-29H. The van der Waals surface area contributed by atoms with Crippen LogP contribution in [0.5, 0.6) is 0 Å². The van der Waals surface area contributed by atoms with Gasteiger partial charge in [0.2, 0.25) is 0 Å². The van der Waals surface area contributed by atoms with E-state index in [9.17, 15) is 0 Å². The van der Waals surface area contributed by atoms with E-state index in [1.54, 1.807) is 0 Å². The summed E-state index contributed by atoms with van der Waals surface area (Å²) in [5, 5.41) is 6.43. The van der Waals surface area contributed by atoms with Crippen molar-refractivity contribution < 1.29 is 8.83 Å². The van der Waals surface area contributed by atoms with E-state index in [-0.39, 0.29) is 0 Å². The van der Waals surface area contributed by atoms with Crippen LogP contribution < -0.4 is 0 Å². The Bertz CT molecular complexity index is 3210. The summed E-state index contributed by atoms with van der Waals surface area (Å²) < 4.78 is 12.7. The van der Waals surface area contributed by atoms with Crippen LogP contribution in [0.3, 0.4) is 0 Å². The van der Waals surface area contributed by atoms with Crippen molar-refractivity contribution in [3.63, 3.8) is 0 Å². The molecule has 0 bridgehead atoms. The van der Waals surface area contributed by atoms with Gasteiger partial charge in [0.15, 0.2) is 17.5 Å². The average Bonchev–Trinajstić information content (AvgIpc) is 3.82. The highest BCUT2D eigenvalue weighted by atomic mass is 16.3. The molecule has 5 nitrogen and oxygen atoms in total. The number of hydrogen-bond acceptors (Lipinski definition) is 5. The molecule has 11 aromatic rings. The minimum Gasteiger partial charge on any atom is -0.456 e. The summed E-state index contributed by atoms with van der Waals surface area (Å²) in [6.45, 7) is 0. The van der Waals surface area contributed by atoms with Crippen LogP contribution in [0.25, 0.3) is 111 Å². The maximum absolute atomic E-state index is 6.56. The number of fused-ring (bicyclic) bond motifs is 7. The van der Waals surface area contributed by atoms with E-state index < -0.39 is 0 Å². The Morgan fingerprint density at radius 2 is 0.852 bits per heavy atom. The molecule has 3 heterocycles. The molecule has 0 saturated heterocycles. The summed E-state index contributed by atoms with van der Waals surface area (Å²) in [5.74, 6) is 1.79. The van der Waals surface area contributed by atoms with Crippen LogP contribution >= 0.6 is 0 Å². The SMILES string of the molecule is c1ccc(-c2ccc(-c3nc(-c4ccc5ccccc5c4)nc(-c4cccc5oc6cccc(-c7ccc8oc9ccccc9c8c7)c6c45)n3)cc2)cc1. The average molecular weight is 692 g/mol. The molecule has 252 valence electrons. The zero-order valence-electron chi connectivity index (χ0n) is 28.9. The molecule has 0 atom stereocenters. The number of para-hydroxylation sites is 1. The number of hydrogen-bond donors (Lipinski definition) is 0. The zero-order chi connectivity index (χ0) is 35.6. The normalized spacial score (nSPS) is 11.7.